The molecule has 35 heavy (non-hydrogen) atoms. The van der Waals surface area contributed by atoms with Crippen LogP contribution in [-0.4, -0.2) is 50.0 Å². The Morgan fingerprint density at radius 3 is 2.31 bits per heavy atom. The van der Waals surface area contributed by atoms with Crippen LogP contribution in [0.4, 0.5) is 5.69 Å². The first-order valence-corrected chi connectivity index (χ1v) is 14.3. The third kappa shape index (κ3) is 7.12. The topological polar surface area (TPSA) is 86.8 Å². The van der Waals surface area contributed by atoms with E-state index in [2.05, 4.69) is 5.32 Å². The van der Waals surface area contributed by atoms with E-state index in [0.717, 1.165) is 41.8 Å². The van der Waals surface area contributed by atoms with Crippen LogP contribution in [0, 0.1) is 0 Å². The number of nitrogens with zero attached hydrogens (tertiary/aromatic N) is 2. The first-order chi connectivity index (χ1) is 16.6. The number of carbonyl (C=O) groups excluding carboxylic acids is 2. The van der Waals surface area contributed by atoms with Crippen molar-refractivity contribution in [2.75, 3.05) is 17.1 Å². The second-order valence-corrected chi connectivity index (χ2v) is 11.5. The largest absolute Gasteiger partial charge is 0.352 e. The zero-order valence-electron chi connectivity index (χ0n) is 19.9. The molecule has 0 bridgehead atoms. The Morgan fingerprint density at radius 1 is 1.06 bits per heavy atom. The smallest absolute Gasteiger partial charge is 0.244 e. The van der Waals surface area contributed by atoms with Gasteiger partial charge in [-0.1, -0.05) is 79.4 Å². The number of amides is 2. The quantitative estimate of drug-likeness (QED) is 0.476. The minimum Gasteiger partial charge on any atom is -0.352 e. The van der Waals surface area contributed by atoms with Gasteiger partial charge in [-0.25, -0.2) is 8.42 Å². The molecule has 1 fully saturated rings. The summed E-state index contributed by atoms with van der Waals surface area (Å²) in [5, 5.41) is 3.29. The van der Waals surface area contributed by atoms with Crippen molar-refractivity contribution in [2.45, 2.75) is 57.7 Å². The molecule has 1 N–H and O–H groups in total. The molecule has 7 nitrogen and oxygen atoms in total. The third-order valence-corrected chi connectivity index (χ3v) is 8.10. The van der Waals surface area contributed by atoms with Crippen molar-refractivity contribution >= 4 is 50.7 Å². The molecule has 190 valence electrons. The molecule has 2 amide bonds. The zero-order chi connectivity index (χ0) is 25.6. The maximum atomic E-state index is 13.7. The number of sulfonamides is 1. The van der Waals surface area contributed by atoms with Gasteiger partial charge in [-0.15, -0.1) is 0 Å². The molecule has 0 unspecified atom stereocenters. The standard InChI is InChI=1S/C25H31Cl2N3O4S/c1-3-21(25(32)28-19-12-7-8-13-19)29(16-18-10-5-4-6-11-18)23(31)17-30(35(2,33)34)22-15-9-14-20(26)24(22)27/h4-6,9-11,14-15,19,21H,3,7-8,12-13,16-17H2,1-2H3,(H,28,32)/t21-/m0/s1. The molecule has 0 aromatic heterocycles. The van der Waals surface area contributed by atoms with Crippen LogP contribution >= 0.6 is 23.2 Å². The SMILES string of the molecule is CC[C@@H](C(=O)NC1CCCC1)N(Cc1ccccc1)C(=O)CN(c1cccc(Cl)c1Cl)S(C)(=O)=O. The Labute approximate surface area is 217 Å². The first kappa shape index (κ1) is 27.3. The summed E-state index contributed by atoms with van der Waals surface area (Å²) >= 11 is 12.4. The van der Waals surface area contributed by atoms with Crippen LogP contribution in [0.1, 0.15) is 44.6 Å². The second-order valence-electron chi connectivity index (χ2n) is 8.76. The Kier molecular flexibility index (Phi) is 9.44. The van der Waals surface area contributed by atoms with Crippen LogP contribution in [0.2, 0.25) is 10.0 Å². The Morgan fingerprint density at radius 2 is 1.71 bits per heavy atom. The number of carbonyl (C=O) groups is 2. The molecule has 0 heterocycles. The number of anilines is 1. The molecule has 1 atom stereocenters. The van der Waals surface area contributed by atoms with Gasteiger partial charge in [0.2, 0.25) is 21.8 Å². The van der Waals surface area contributed by atoms with Gasteiger partial charge in [-0.3, -0.25) is 13.9 Å². The minimum atomic E-state index is -3.89. The average molecular weight is 541 g/mol. The van der Waals surface area contributed by atoms with Gasteiger partial charge < -0.3 is 10.2 Å². The van der Waals surface area contributed by atoms with Gasteiger partial charge in [0.25, 0.3) is 0 Å². The van der Waals surface area contributed by atoms with Crippen molar-refractivity contribution in [1.29, 1.82) is 0 Å². The van der Waals surface area contributed by atoms with E-state index in [-0.39, 0.29) is 34.2 Å². The molecule has 0 radical (unpaired) electrons. The maximum absolute atomic E-state index is 13.7. The number of hydrogen-bond donors (Lipinski definition) is 1. The van der Waals surface area contributed by atoms with Crippen LogP contribution in [0.3, 0.4) is 0 Å². The van der Waals surface area contributed by atoms with Crippen molar-refractivity contribution in [1.82, 2.24) is 10.2 Å². The van der Waals surface area contributed by atoms with Gasteiger partial charge in [0.15, 0.2) is 0 Å². The summed E-state index contributed by atoms with van der Waals surface area (Å²) < 4.78 is 26.3. The molecule has 0 aliphatic heterocycles. The monoisotopic (exact) mass is 539 g/mol. The summed E-state index contributed by atoms with van der Waals surface area (Å²) in [6.07, 6.45) is 5.36. The number of halogens is 2. The van der Waals surface area contributed by atoms with Gasteiger partial charge in [0, 0.05) is 12.6 Å². The predicted octanol–water partition coefficient (Wildman–Crippen LogP) is 4.63. The fraction of sp³-hybridized carbons (Fsp3) is 0.440. The molecule has 1 aliphatic carbocycles. The van der Waals surface area contributed by atoms with Crippen LogP contribution < -0.4 is 9.62 Å². The second kappa shape index (κ2) is 12.1. The summed E-state index contributed by atoms with van der Waals surface area (Å²) in [5.41, 5.74) is 0.942. The van der Waals surface area contributed by atoms with Crippen LogP contribution in [0.5, 0.6) is 0 Å². The highest BCUT2D eigenvalue weighted by Crippen LogP contribution is 2.33. The predicted molar refractivity (Wildman–Crippen MR) is 140 cm³/mol. The molecule has 1 aliphatic rings. The Bertz CT molecular complexity index is 1140. The summed E-state index contributed by atoms with van der Waals surface area (Å²) in [7, 11) is -3.89. The molecule has 1 saturated carbocycles. The van der Waals surface area contributed by atoms with E-state index in [1.807, 2.05) is 37.3 Å². The highest BCUT2D eigenvalue weighted by molar-refractivity contribution is 7.92. The lowest BCUT2D eigenvalue weighted by molar-refractivity contribution is -0.140. The van der Waals surface area contributed by atoms with Gasteiger partial charge in [0.1, 0.15) is 12.6 Å². The van der Waals surface area contributed by atoms with Gasteiger partial charge in [-0.05, 0) is 37.0 Å². The molecule has 2 aromatic rings. The number of hydrogen-bond acceptors (Lipinski definition) is 4. The molecule has 2 aromatic carbocycles. The number of nitrogens with one attached hydrogen (secondary N) is 1. The van der Waals surface area contributed by atoms with Crippen molar-refractivity contribution in [3.63, 3.8) is 0 Å². The molecule has 0 spiro atoms. The fourth-order valence-corrected chi connectivity index (χ4v) is 5.65. The Balaban J connectivity index is 1.93. The maximum Gasteiger partial charge on any atom is 0.244 e. The van der Waals surface area contributed by atoms with Crippen LogP contribution in [0.25, 0.3) is 0 Å². The lowest BCUT2D eigenvalue weighted by Gasteiger charge is -2.33. The summed E-state index contributed by atoms with van der Waals surface area (Å²) in [5.74, 6) is -0.737. The van der Waals surface area contributed by atoms with Crippen molar-refractivity contribution in [3.05, 3.63) is 64.1 Å². The minimum absolute atomic E-state index is 0.0352. The lowest BCUT2D eigenvalue weighted by Crippen LogP contribution is -2.53. The summed E-state index contributed by atoms with van der Waals surface area (Å²) in [4.78, 5) is 28.4. The van der Waals surface area contributed by atoms with Gasteiger partial charge >= 0.3 is 0 Å². The highest BCUT2D eigenvalue weighted by atomic mass is 35.5. The van der Waals surface area contributed by atoms with E-state index in [4.69, 9.17) is 23.2 Å². The van der Waals surface area contributed by atoms with Crippen molar-refractivity contribution in [3.8, 4) is 0 Å². The van der Waals surface area contributed by atoms with E-state index >= 15 is 0 Å². The molecule has 10 heteroatoms. The molecular weight excluding hydrogens is 509 g/mol. The zero-order valence-corrected chi connectivity index (χ0v) is 22.2. The van der Waals surface area contributed by atoms with Crippen LogP contribution in [-0.2, 0) is 26.2 Å². The Hall–Kier alpha value is -2.29. The van der Waals surface area contributed by atoms with E-state index in [9.17, 15) is 18.0 Å². The van der Waals surface area contributed by atoms with Gasteiger partial charge in [0.05, 0.1) is 22.0 Å². The van der Waals surface area contributed by atoms with E-state index in [0.29, 0.717) is 6.42 Å². The van der Waals surface area contributed by atoms with Crippen LogP contribution in [0.15, 0.2) is 48.5 Å². The summed E-state index contributed by atoms with van der Waals surface area (Å²) in [6.45, 7) is 1.49. The molecular formula is C25H31Cl2N3O4S. The number of rotatable bonds is 10. The average Bonchev–Trinajstić information content (AvgIpc) is 3.32. The van der Waals surface area contributed by atoms with Gasteiger partial charge in [-0.2, -0.15) is 0 Å². The van der Waals surface area contributed by atoms with Crippen molar-refractivity contribution < 1.29 is 18.0 Å². The first-order valence-electron chi connectivity index (χ1n) is 11.7. The van der Waals surface area contributed by atoms with E-state index in [1.54, 1.807) is 6.07 Å². The number of benzene rings is 2. The molecule has 3 rings (SSSR count). The normalized spacial score (nSPS) is 15.0. The van der Waals surface area contributed by atoms with E-state index < -0.39 is 28.5 Å². The summed E-state index contributed by atoms with van der Waals surface area (Å²) in [6, 6.07) is 13.3. The van der Waals surface area contributed by atoms with Crippen molar-refractivity contribution in [2.24, 2.45) is 0 Å². The molecule has 0 saturated heterocycles. The highest BCUT2D eigenvalue weighted by Gasteiger charge is 2.33. The third-order valence-electron chi connectivity index (χ3n) is 6.16. The van der Waals surface area contributed by atoms with E-state index in [1.165, 1.54) is 17.0 Å². The fourth-order valence-electron chi connectivity index (χ4n) is 4.35. The lowest BCUT2D eigenvalue weighted by atomic mass is 10.1.